The third-order valence-corrected chi connectivity index (χ3v) is 3.68. The van der Waals surface area contributed by atoms with Crippen molar-refractivity contribution in [2.45, 2.75) is 12.8 Å². The summed E-state index contributed by atoms with van der Waals surface area (Å²) < 4.78 is 21.0. The van der Waals surface area contributed by atoms with Crippen molar-refractivity contribution in [3.8, 4) is 0 Å². The zero-order valence-electron chi connectivity index (χ0n) is 7.86. The third-order valence-electron chi connectivity index (χ3n) is 1.57. The van der Waals surface area contributed by atoms with Crippen molar-refractivity contribution in [3.05, 3.63) is 0 Å². The summed E-state index contributed by atoms with van der Waals surface area (Å²) in [5.74, 6) is 0. The number of hydrogen-bond donors (Lipinski definition) is 0. The lowest BCUT2D eigenvalue weighted by atomic mass is 10.3. The highest BCUT2D eigenvalue weighted by molar-refractivity contribution is 7.78. The molecule has 0 saturated carbocycles. The highest BCUT2D eigenvalue weighted by Gasteiger charge is 2.19. The van der Waals surface area contributed by atoms with E-state index < -0.39 is 7.60 Å². The summed E-state index contributed by atoms with van der Waals surface area (Å²) >= 11 is 4.40. The molecule has 0 aromatic carbocycles. The average molecular weight is 223 g/mol. The molecule has 76 valence electrons. The molecule has 0 spiro atoms. The number of unbranched alkanes of at least 4 members (excludes halogenated alkanes) is 1. The van der Waals surface area contributed by atoms with E-state index in [1.54, 1.807) is 0 Å². The van der Waals surface area contributed by atoms with Gasteiger partial charge < -0.3 is 9.05 Å². The summed E-state index contributed by atoms with van der Waals surface area (Å²) in [6, 6.07) is 0. The van der Waals surface area contributed by atoms with Crippen LogP contribution >= 0.6 is 19.8 Å². The first-order valence-electron chi connectivity index (χ1n) is 3.92. The maximum absolute atomic E-state index is 11.5. The first-order chi connectivity index (χ1) is 6.18. The van der Waals surface area contributed by atoms with Gasteiger partial charge in [-0.2, -0.15) is 0 Å². The second-order valence-corrected chi connectivity index (χ2v) is 4.96. The predicted octanol–water partition coefficient (Wildman–Crippen LogP) is 2.36. The van der Waals surface area contributed by atoms with Crippen LogP contribution in [0.15, 0.2) is 4.99 Å². The van der Waals surface area contributed by atoms with Gasteiger partial charge in [0.15, 0.2) is 0 Å². The van der Waals surface area contributed by atoms with Gasteiger partial charge in [-0.05, 0) is 25.1 Å². The maximum Gasteiger partial charge on any atom is 0.330 e. The number of nitrogens with zero attached hydrogens (tertiary/aromatic N) is 1. The van der Waals surface area contributed by atoms with E-state index in [9.17, 15) is 4.57 Å². The fraction of sp³-hybridized carbons (Fsp3) is 0.857. The van der Waals surface area contributed by atoms with E-state index in [0.717, 1.165) is 12.8 Å². The molecule has 0 aliphatic heterocycles. The molecule has 13 heavy (non-hydrogen) atoms. The summed E-state index contributed by atoms with van der Waals surface area (Å²) in [5, 5.41) is 2.27. The molecule has 0 aromatic heterocycles. The van der Waals surface area contributed by atoms with Gasteiger partial charge >= 0.3 is 7.60 Å². The fourth-order valence-corrected chi connectivity index (χ4v) is 2.02. The Morgan fingerprint density at radius 2 is 2.00 bits per heavy atom. The Morgan fingerprint density at radius 1 is 1.38 bits per heavy atom. The van der Waals surface area contributed by atoms with Gasteiger partial charge in [0.1, 0.15) is 0 Å². The standard InChI is InChI=1S/C7H14NO3PS/c1-10-12(9,11-2)6-4-3-5-8-7-13/h3-6H2,1-2H3. The van der Waals surface area contributed by atoms with E-state index in [1.807, 2.05) is 0 Å². The average Bonchev–Trinajstić information content (AvgIpc) is 2.17. The van der Waals surface area contributed by atoms with E-state index in [4.69, 9.17) is 9.05 Å². The molecule has 6 heteroatoms. The van der Waals surface area contributed by atoms with Crippen molar-refractivity contribution in [2.75, 3.05) is 26.9 Å². The summed E-state index contributed by atoms with van der Waals surface area (Å²) in [7, 11) is -0.0412. The van der Waals surface area contributed by atoms with Crippen LogP contribution in [0.25, 0.3) is 0 Å². The summed E-state index contributed by atoms with van der Waals surface area (Å²) in [6.07, 6.45) is 1.99. The molecule has 0 aliphatic carbocycles. The molecule has 0 aromatic rings. The van der Waals surface area contributed by atoms with Gasteiger partial charge in [-0.15, -0.1) is 0 Å². The van der Waals surface area contributed by atoms with E-state index in [0.29, 0.717) is 12.7 Å². The quantitative estimate of drug-likeness (QED) is 0.288. The minimum absolute atomic E-state index is 0.424. The van der Waals surface area contributed by atoms with E-state index in [1.165, 1.54) is 14.2 Å². The second kappa shape index (κ2) is 7.36. The van der Waals surface area contributed by atoms with Gasteiger partial charge in [0.25, 0.3) is 0 Å². The first-order valence-corrected chi connectivity index (χ1v) is 6.06. The fourth-order valence-electron chi connectivity index (χ4n) is 0.799. The Hall–Kier alpha value is -0.0500. The Bertz CT molecular complexity index is 220. The molecule has 0 atom stereocenters. The van der Waals surface area contributed by atoms with Crippen LogP contribution < -0.4 is 0 Å². The lowest BCUT2D eigenvalue weighted by Gasteiger charge is -2.12. The Labute approximate surface area is 83.9 Å². The van der Waals surface area contributed by atoms with Crippen LogP contribution in [0.5, 0.6) is 0 Å². The van der Waals surface area contributed by atoms with Crippen molar-refractivity contribution >= 4 is 25.0 Å². The van der Waals surface area contributed by atoms with Crippen LogP contribution in [0, 0.1) is 0 Å². The molecular formula is C7H14NO3PS. The maximum atomic E-state index is 11.5. The predicted molar refractivity (Wildman–Crippen MR) is 55.6 cm³/mol. The Balaban J connectivity index is 3.62. The SMILES string of the molecule is COP(=O)(CCCCN=C=S)OC. The molecule has 0 aliphatic rings. The zero-order valence-corrected chi connectivity index (χ0v) is 9.57. The number of aliphatic imine (C=N–C) groups is 1. The third kappa shape index (κ3) is 6.08. The number of thiocarbonyl (C=S) groups is 1. The van der Waals surface area contributed by atoms with Crippen molar-refractivity contribution in [3.63, 3.8) is 0 Å². The first kappa shape index (κ1) is 12.9. The van der Waals surface area contributed by atoms with Crippen LogP contribution in [-0.2, 0) is 13.6 Å². The molecular weight excluding hydrogens is 209 g/mol. The van der Waals surface area contributed by atoms with Crippen LogP contribution in [0.4, 0.5) is 0 Å². The minimum atomic E-state index is -2.82. The van der Waals surface area contributed by atoms with Crippen LogP contribution in [0.2, 0.25) is 0 Å². The van der Waals surface area contributed by atoms with Gasteiger partial charge in [0.2, 0.25) is 0 Å². The van der Waals surface area contributed by atoms with Gasteiger partial charge in [-0.3, -0.25) is 4.57 Å². The van der Waals surface area contributed by atoms with Crippen molar-refractivity contribution in [1.29, 1.82) is 0 Å². The summed E-state index contributed by atoms with van der Waals surface area (Å²) in [5.41, 5.74) is 0. The van der Waals surface area contributed by atoms with Crippen molar-refractivity contribution in [2.24, 2.45) is 4.99 Å². The molecule has 0 heterocycles. The van der Waals surface area contributed by atoms with E-state index in [2.05, 4.69) is 22.4 Å². The molecule has 0 unspecified atom stereocenters. The smallest absolute Gasteiger partial charge is 0.312 e. The normalized spacial score (nSPS) is 10.9. The topological polar surface area (TPSA) is 47.9 Å². The second-order valence-electron chi connectivity index (χ2n) is 2.38. The molecule has 4 nitrogen and oxygen atoms in total. The summed E-state index contributed by atoms with van der Waals surface area (Å²) in [4.78, 5) is 3.74. The Morgan fingerprint density at radius 3 is 2.46 bits per heavy atom. The largest absolute Gasteiger partial charge is 0.330 e. The van der Waals surface area contributed by atoms with E-state index in [-0.39, 0.29) is 0 Å². The number of hydrogen-bond acceptors (Lipinski definition) is 5. The van der Waals surface area contributed by atoms with Crippen LogP contribution in [0.1, 0.15) is 12.8 Å². The lowest BCUT2D eigenvalue weighted by Crippen LogP contribution is -1.95. The van der Waals surface area contributed by atoms with E-state index >= 15 is 0 Å². The lowest BCUT2D eigenvalue weighted by molar-refractivity contribution is 0.275. The molecule has 0 amide bonds. The van der Waals surface area contributed by atoms with Gasteiger partial charge in [0.05, 0.1) is 11.3 Å². The van der Waals surface area contributed by atoms with Crippen molar-refractivity contribution < 1.29 is 13.6 Å². The summed E-state index contributed by atoms with van der Waals surface area (Å²) in [6.45, 7) is 0.622. The molecule has 0 N–H and O–H groups in total. The highest BCUT2D eigenvalue weighted by Crippen LogP contribution is 2.46. The molecule has 0 radical (unpaired) electrons. The van der Waals surface area contributed by atoms with Gasteiger partial charge in [0, 0.05) is 20.8 Å². The van der Waals surface area contributed by atoms with Gasteiger partial charge in [-0.1, -0.05) is 0 Å². The number of isothiocyanates is 1. The molecule has 0 rings (SSSR count). The molecule has 0 saturated heterocycles. The Kier molecular flexibility index (Phi) is 7.33. The van der Waals surface area contributed by atoms with Gasteiger partial charge in [-0.25, -0.2) is 4.99 Å². The minimum Gasteiger partial charge on any atom is -0.312 e. The monoisotopic (exact) mass is 223 g/mol. The van der Waals surface area contributed by atoms with Crippen LogP contribution in [-0.4, -0.2) is 32.1 Å². The van der Waals surface area contributed by atoms with Crippen LogP contribution in [0.3, 0.4) is 0 Å². The molecule has 0 fully saturated rings. The van der Waals surface area contributed by atoms with Crippen molar-refractivity contribution in [1.82, 2.24) is 0 Å². The zero-order chi connectivity index (χ0) is 10.2. The highest BCUT2D eigenvalue weighted by atomic mass is 32.1. The molecule has 0 bridgehead atoms. The number of rotatable bonds is 7.